The van der Waals surface area contributed by atoms with E-state index in [2.05, 4.69) is 5.32 Å². The summed E-state index contributed by atoms with van der Waals surface area (Å²) in [5.41, 5.74) is -0.607. The Morgan fingerprint density at radius 3 is 2.27 bits per heavy atom. The summed E-state index contributed by atoms with van der Waals surface area (Å²) in [5.74, 6) is -0.312. The van der Waals surface area contributed by atoms with E-state index in [4.69, 9.17) is 9.47 Å². The van der Waals surface area contributed by atoms with Gasteiger partial charge >= 0.3 is 5.97 Å². The van der Waals surface area contributed by atoms with Crippen LogP contribution >= 0.6 is 0 Å². The third kappa shape index (κ3) is 3.69. The molecule has 0 unspecified atom stereocenters. The zero-order valence-electron chi connectivity index (χ0n) is 13.4. The van der Waals surface area contributed by atoms with Gasteiger partial charge in [-0.2, -0.15) is 0 Å². The molecular formula is C16H23NO5. The maximum Gasteiger partial charge on any atom is 0.311 e. The lowest BCUT2D eigenvalue weighted by Gasteiger charge is -2.27. The number of methoxy groups -OCH3 is 2. The first-order valence-electron chi connectivity index (χ1n) is 7.17. The van der Waals surface area contributed by atoms with Crippen LogP contribution in [0.2, 0.25) is 0 Å². The Morgan fingerprint density at radius 1 is 1.18 bits per heavy atom. The van der Waals surface area contributed by atoms with Gasteiger partial charge in [-0.25, -0.2) is 0 Å². The zero-order valence-corrected chi connectivity index (χ0v) is 13.4. The summed E-state index contributed by atoms with van der Waals surface area (Å²) in [4.78, 5) is 23.7. The summed E-state index contributed by atoms with van der Waals surface area (Å²) in [6.07, 6.45) is 0.887. The van der Waals surface area contributed by atoms with Crippen molar-refractivity contribution in [2.75, 3.05) is 20.8 Å². The quantitative estimate of drug-likeness (QED) is 0.770. The van der Waals surface area contributed by atoms with Crippen molar-refractivity contribution >= 4 is 11.9 Å². The highest BCUT2D eigenvalue weighted by Crippen LogP contribution is 2.27. The van der Waals surface area contributed by atoms with Crippen molar-refractivity contribution in [2.24, 2.45) is 5.41 Å². The topological polar surface area (TPSA) is 84.9 Å². The molecule has 6 nitrogen and oxygen atoms in total. The van der Waals surface area contributed by atoms with E-state index in [1.807, 2.05) is 0 Å². The Morgan fingerprint density at radius 2 is 1.82 bits per heavy atom. The van der Waals surface area contributed by atoms with Crippen LogP contribution in [0, 0.1) is 5.41 Å². The molecule has 0 heterocycles. The van der Waals surface area contributed by atoms with Gasteiger partial charge in [0.05, 0.1) is 25.2 Å². The number of ether oxygens (including phenoxy) is 2. The molecule has 122 valence electrons. The van der Waals surface area contributed by atoms with Gasteiger partial charge in [-0.3, -0.25) is 9.59 Å². The van der Waals surface area contributed by atoms with E-state index in [0.29, 0.717) is 29.9 Å². The van der Waals surface area contributed by atoms with Gasteiger partial charge < -0.3 is 19.9 Å². The summed E-state index contributed by atoms with van der Waals surface area (Å²) in [6.45, 7) is 3.68. The largest absolute Gasteiger partial charge is 0.497 e. The van der Waals surface area contributed by atoms with Gasteiger partial charge in [0, 0.05) is 12.6 Å². The molecule has 0 spiro atoms. The van der Waals surface area contributed by atoms with Crippen LogP contribution in [0.4, 0.5) is 0 Å². The average Bonchev–Trinajstić information content (AvgIpc) is 2.55. The number of carboxylic acids is 1. The van der Waals surface area contributed by atoms with Gasteiger partial charge in [0.2, 0.25) is 0 Å². The van der Waals surface area contributed by atoms with Gasteiger partial charge in [0.25, 0.3) is 5.91 Å². The number of carboxylic acid groups (broad SMARTS) is 1. The van der Waals surface area contributed by atoms with Crippen molar-refractivity contribution in [2.45, 2.75) is 26.7 Å². The van der Waals surface area contributed by atoms with E-state index in [-0.39, 0.29) is 12.5 Å². The van der Waals surface area contributed by atoms with Gasteiger partial charge in [-0.05, 0) is 25.0 Å². The monoisotopic (exact) mass is 309 g/mol. The minimum atomic E-state index is -0.949. The van der Waals surface area contributed by atoms with Crippen LogP contribution in [0.3, 0.4) is 0 Å². The number of rotatable bonds is 8. The maximum atomic E-state index is 12.3. The third-order valence-corrected chi connectivity index (χ3v) is 4.05. The highest BCUT2D eigenvalue weighted by molar-refractivity contribution is 5.97. The fraction of sp³-hybridized carbons (Fsp3) is 0.500. The number of carbonyl (C=O) groups is 2. The molecule has 0 fully saturated rings. The van der Waals surface area contributed by atoms with Crippen LogP contribution in [0.15, 0.2) is 18.2 Å². The molecule has 0 radical (unpaired) electrons. The maximum absolute atomic E-state index is 12.3. The van der Waals surface area contributed by atoms with Crippen molar-refractivity contribution in [3.05, 3.63) is 23.8 Å². The lowest BCUT2D eigenvalue weighted by atomic mass is 9.82. The average molecular weight is 309 g/mol. The fourth-order valence-corrected chi connectivity index (χ4v) is 2.21. The molecule has 0 atom stereocenters. The Bertz CT molecular complexity index is 537. The van der Waals surface area contributed by atoms with Crippen LogP contribution in [0.25, 0.3) is 0 Å². The Balaban J connectivity index is 2.92. The zero-order chi connectivity index (χ0) is 16.8. The van der Waals surface area contributed by atoms with E-state index in [9.17, 15) is 14.7 Å². The molecule has 6 heteroatoms. The smallest absolute Gasteiger partial charge is 0.311 e. The standard InChI is InChI=1S/C16H23NO5/c1-5-16(6-2,15(19)20)10-17-14(18)12-8-7-11(21-3)9-13(12)22-4/h7-9H,5-6,10H2,1-4H3,(H,17,18)(H,19,20). The number of carbonyl (C=O) groups excluding carboxylic acids is 1. The van der Waals surface area contributed by atoms with E-state index in [0.717, 1.165) is 0 Å². The van der Waals surface area contributed by atoms with Gasteiger partial charge in [0.15, 0.2) is 0 Å². The van der Waals surface area contributed by atoms with Crippen LogP contribution in [0.5, 0.6) is 11.5 Å². The summed E-state index contributed by atoms with van der Waals surface area (Å²) in [5, 5.41) is 12.1. The number of benzene rings is 1. The highest BCUT2D eigenvalue weighted by atomic mass is 16.5. The van der Waals surface area contributed by atoms with E-state index < -0.39 is 11.4 Å². The summed E-state index contributed by atoms with van der Waals surface area (Å²) >= 11 is 0. The fourth-order valence-electron chi connectivity index (χ4n) is 2.21. The first-order chi connectivity index (χ1) is 10.4. The minimum Gasteiger partial charge on any atom is -0.497 e. The lowest BCUT2D eigenvalue weighted by molar-refractivity contribution is -0.149. The second-order valence-corrected chi connectivity index (χ2v) is 5.04. The Kier molecular flexibility index (Phi) is 6.22. The predicted octanol–water partition coefficient (Wildman–Crippen LogP) is 2.32. The number of hydrogen-bond donors (Lipinski definition) is 2. The summed E-state index contributed by atoms with van der Waals surface area (Å²) in [7, 11) is 2.99. The molecule has 22 heavy (non-hydrogen) atoms. The predicted molar refractivity (Wildman–Crippen MR) is 82.5 cm³/mol. The van der Waals surface area contributed by atoms with Gasteiger partial charge in [-0.15, -0.1) is 0 Å². The SMILES string of the molecule is CCC(CC)(CNC(=O)c1ccc(OC)cc1OC)C(=O)O. The van der Waals surface area contributed by atoms with Gasteiger partial charge in [0.1, 0.15) is 11.5 Å². The highest BCUT2D eigenvalue weighted by Gasteiger charge is 2.35. The van der Waals surface area contributed by atoms with Gasteiger partial charge in [-0.1, -0.05) is 13.8 Å². The molecule has 1 rings (SSSR count). The van der Waals surface area contributed by atoms with Crippen LogP contribution in [-0.2, 0) is 4.79 Å². The van der Waals surface area contributed by atoms with Crippen molar-refractivity contribution in [1.82, 2.24) is 5.32 Å². The van der Waals surface area contributed by atoms with Crippen LogP contribution in [-0.4, -0.2) is 37.7 Å². The molecule has 0 saturated carbocycles. The number of nitrogens with one attached hydrogen (secondary N) is 1. The number of amides is 1. The van der Waals surface area contributed by atoms with Crippen molar-refractivity contribution in [1.29, 1.82) is 0 Å². The van der Waals surface area contributed by atoms with Crippen molar-refractivity contribution in [3.8, 4) is 11.5 Å². The van der Waals surface area contributed by atoms with E-state index in [1.54, 1.807) is 32.0 Å². The second kappa shape index (κ2) is 7.68. The van der Waals surface area contributed by atoms with E-state index >= 15 is 0 Å². The Labute approximate surface area is 130 Å². The lowest BCUT2D eigenvalue weighted by Crippen LogP contribution is -2.42. The number of hydrogen-bond acceptors (Lipinski definition) is 4. The first-order valence-corrected chi connectivity index (χ1v) is 7.17. The molecule has 2 N–H and O–H groups in total. The van der Waals surface area contributed by atoms with Crippen LogP contribution < -0.4 is 14.8 Å². The molecule has 0 saturated heterocycles. The van der Waals surface area contributed by atoms with Crippen molar-refractivity contribution in [3.63, 3.8) is 0 Å². The molecule has 1 amide bonds. The molecule has 1 aromatic rings. The molecule has 0 aromatic heterocycles. The first kappa shape index (κ1) is 17.8. The molecule has 1 aromatic carbocycles. The van der Waals surface area contributed by atoms with E-state index in [1.165, 1.54) is 14.2 Å². The number of aliphatic carboxylic acids is 1. The molecule has 0 aliphatic rings. The minimum absolute atomic E-state index is 0.0728. The Hall–Kier alpha value is -2.24. The summed E-state index contributed by atoms with van der Waals surface area (Å²) < 4.78 is 10.3. The summed E-state index contributed by atoms with van der Waals surface area (Å²) in [6, 6.07) is 4.86. The normalized spacial score (nSPS) is 10.9. The molecule has 0 aliphatic heterocycles. The van der Waals surface area contributed by atoms with Crippen molar-refractivity contribution < 1.29 is 24.2 Å². The van der Waals surface area contributed by atoms with Crippen LogP contribution in [0.1, 0.15) is 37.0 Å². The second-order valence-electron chi connectivity index (χ2n) is 5.04. The molecule has 0 bridgehead atoms. The molecular weight excluding hydrogens is 286 g/mol. The third-order valence-electron chi connectivity index (χ3n) is 4.05. The molecule has 0 aliphatic carbocycles.